The normalized spacial score (nSPS) is 21.8. The quantitative estimate of drug-likeness (QED) is 0.876. The van der Waals surface area contributed by atoms with Gasteiger partial charge in [-0.1, -0.05) is 20.3 Å². The van der Waals surface area contributed by atoms with Gasteiger partial charge >= 0.3 is 5.97 Å². The zero-order valence-electron chi connectivity index (χ0n) is 12.3. The lowest BCUT2D eigenvalue weighted by molar-refractivity contribution is -0.136. The van der Waals surface area contributed by atoms with E-state index in [4.69, 9.17) is 5.11 Å². The highest BCUT2D eigenvalue weighted by atomic mass is 32.1. The Bertz CT molecular complexity index is 447. The molecule has 0 amide bonds. The van der Waals surface area contributed by atoms with Crippen LogP contribution in [0, 0.1) is 0 Å². The number of aromatic nitrogens is 1. The summed E-state index contributed by atoms with van der Waals surface area (Å²) >= 11 is 1.60. The number of likely N-dealkylation sites (tertiary alicyclic amines) is 1. The molecule has 1 saturated heterocycles. The molecule has 4 nitrogen and oxygen atoms in total. The van der Waals surface area contributed by atoms with E-state index in [1.807, 2.05) is 5.38 Å². The van der Waals surface area contributed by atoms with E-state index in [-0.39, 0.29) is 6.42 Å². The fourth-order valence-electron chi connectivity index (χ4n) is 2.98. The van der Waals surface area contributed by atoms with Crippen molar-refractivity contribution in [3.63, 3.8) is 0 Å². The van der Waals surface area contributed by atoms with Crippen LogP contribution >= 0.6 is 11.3 Å². The van der Waals surface area contributed by atoms with Gasteiger partial charge in [0.05, 0.1) is 17.1 Å². The molecule has 0 aromatic carbocycles. The van der Waals surface area contributed by atoms with Gasteiger partial charge in [-0.05, 0) is 25.8 Å². The third-order valence-corrected chi connectivity index (χ3v) is 5.18. The summed E-state index contributed by atoms with van der Waals surface area (Å²) in [5.41, 5.74) is 0.690. The van der Waals surface area contributed by atoms with Crippen molar-refractivity contribution >= 4 is 17.3 Å². The summed E-state index contributed by atoms with van der Waals surface area (Å²) in [6.07, 6.45) is 5.21. The van der Waals surface area contributed by atoms with Crippen molar-refractivity contribution in [3.8, 4) is 0 Å². The van der Waals surface area contributed by atoms with Crippen LogP contribution in [-0.4, -0.2) is 40.1 Å². The average Bonchev–Trinajstić information content (AvgIpc) is 2.87. The number of nitrogens with zero attached hydrogens (tertiary/aromatic N) is 2. The predicted octanol–water partition coefficient (Wildman–Crippen LogP) is 3.14. The van der Waals surface area contributed by atoms with Gasteiger partial charge in [0, 0.05) is 23.9 Å². The molecule has 1 aliphatic heterocycles. The SMILES string of the molecule is CCC1CCCCN1CC(C)c1nc(CC(=O)O)cs1. The van der Waals surface area contributed by atoms with Crippen molar-refractivity contribution in [1.82, 2.24) is 9.88 Å². The fraction of sp³-hybridized carbons (Fsp3) is 0.733. The van der Waals surface area contributed by atoms with E-state index in [0.29, 0.717) is 17.7 Å². The van der Waals surface area contributed by atoms with E-state index in [2.05, 4.69) is 23.7 Å². The van der Waals surface area contributed by atoms with Crippen LogP contribution in [0.15, 0.2) is 5.38 Å². The molecule has 112 valence electrons. The van der Waals surface area contributed by atoms with E-state index in [0.717, 1.165) is 11.6 Å². The van der Waals surface area contributed by atoms with Crippen LogP contribution in [0.2, 0.25) is 0 Å². The van der Waals surface area contributed by atoms with E-state index >= 15 is 0 Å². The summed E-state index contributed by atoms with van der Waals surface area (Å²) in [4.78, 5) is 17.8. The van der Waals surface area contributed by atoms with E-state index in [9.17, 15) is 4.79 Å². The minimum absolute atomic E-state index is 0.0323. The monoisotopic (exact) mass is 296 g/mol. The summed E-state index contributed by atoms with van der Waals surface area (Å²) in [5, 5.41) is 11.8. The topological polar surface area (TPSA) is 53.4 Å². The second-order valence-corrected chi connectivity index (χ2v) is 6.59. The number of piperidine rings is 1. The van der Waals surface area contributed by atoms with Crippen LogP contribution in [-0.2, 0) is 11.2 Å². The molecule has 1 aromatic heterocycles. The minimum atomic E-state index is -0.809. The van der Waals surface area contributed by atoms with Crippen LogP contribution < -0.4 is 0 Å². The maximum absolute atomic E-state index is 10.7. The molecule has 0 aliphatic carbocycles. The number of carboxylic acid groups (broad SMARTS) is 1. The van der Waals surface area contributed by atoms with Gasteiger partial charge in [-0.15, -0.1) is 11.3 Å². The van der Waals surface area contributed by atoms with Gasteiger partial charge < -0.3 is 5.11 Å². The van der Waals surface area contributed by atoms with Crippen molar-refractivity contribution in [2.24, 2.45) is 0 Å². The number of hydrogen-bond acceptors (Lipinski definition) is 4. The molecule has 0 bridgehead atoms. The van der Waals surface area contributed by atoms with Gasteiger partial charge in [0.15, 0.2) is 0 Å². The lowest BCUT2D eigenvalue weighted by Gasteiger charge is -2.36. The highest BCUT2D eigenvalue weighted by Gasteiger charge is 2.23. The fourth-order valence-corrected chi connectivity index (χ4v) is 3.85. The Morgan fingerprint density at radius 2 is 2.40 bits per heavy atom. The smallest absolute Gasteiger partial charge is 0.309 e. The molecule has 0 saturated carbocycles. The number of aliphatic carboxylic acids is 1. The van der Waals surface area contributed by atoms with Crippen molar-refractivity contribution in [2.45, 2.75) is 57.9 Å². The highest BCUT2D eigenvalue weighted by Crippen LogP contribution is 2.26. The first kappa shape index (κ1) is 15.4. The molecule has 1 N–H and O–H groups in total. The molecule has 2 rings (SSSR count). The molecule has 2 atom stereocenters. The Balaban J connectivity index is 1.94. The van der Waals surface area contributed by atoms with Crippen molar-refractivity contribution in [1.29, 1.82) is 0 Å². The highest BCUT2D eigenvalue weighted by molar-refractivity contribution is 7.09. The lowest BCUT2D eigenvalue weighted by Crippen LogP contribution is -2.41. The molecular weight excluding hydrogens is 272 g/mol. The van der Waals surface area contributed by atoms with Crippen LogP contribution in [0.3, 0.4) is 0 Å². The second kappa shape index (κ2) is 7.18. The zero-order valence-corrected chi connectivity index (χ0v) is 13.2. The minimum Gasteiger partial charge on any atom is -0.481 e. The first-order valence-electron chi connectivity index (χ1n) is 7.50. The molecule has 1 aromatic rings. The summed E-state index contributed by atoms with van der Waals surface area (Å²) in [7, 11) is 0. The van der Waals surface area contributed by atoms with E-state index in [1.54, 1.807) is 11.3 Å². The molecule has 1 fully saturated rings. The number of carbonyl (C=O) groups is 1. The maximum atomic E-state index is 10.7. The first-order chi connectivity index (χ1) is 9.60. The number of thiazole rings is 1. The molecule has 2 unspecified atom stereocenters. The average molecular weight is 296 g/mol. The molecule has 0 radical (unpaired) electrons. The Hall–Kier alpha value is -0.940. The zero-order chi connectivity index (χ0) is 14.5. The van der Waals surface area contributed by atoms with Gasteiger partial charge in [-0.2, -0.15) is 0 Å². The van der Waals surface area contributed by atoms with Crippen molar-refractivity contribution < 1.29 is 9.90 Å². The molecule has 20 heavy (non-hydrogen) atoms. The standard InChI is InChI=1S/C15H24N2O2S/c1-3-13-6-4-5-7-17(13)9-11(2)15-16-12(10-20-15)8-14(18)19/h10-11,13H,3-9H2,1-2H3,(H,18,19). The van der Waals surface area contributed by atoms with Crippen LogP contribution in [0.4, 0.5) is 0 Å². The summed E-state index contributed by atoms with van der Waals surface area (Å²) < 4.78 is 0. The third-order valence-electron chi connectivity index (χ3n) is 4.05. The largest absolute Gasteiger partial charge is 0.481 e. The Morgan fingerprint density at radius 1 is 1.60 bits per heavy atom. The van der Waals surface area contributed by atoms with Crippen LogP contribution in [0.25, 0.3) is 0 Å². The van der Waals surface area contributed by atoms with Crippen molar-refractivity contribution in [3.05, 3.63) is 16.1 Å². The van der Waals surface area contributed by atoms with E-state index in [1.165, 1.54) is 32.2 Å². The molecule has 1 aliphatic rings. The molecule has 0 spiro atoms. The predicted molar refractivity (Wildman–Crippen MR) is 81.4 cm³/mol. The first-order valence-corrected chi connectivity index (χ1v) is 8.38. The van der Waals surface area contributed by atoms with Crippen LogP contribution in [0.5, 0.6) is 0 Å². The van der Waals surface area contributed by atoms with Gasteiger partial charge in [0.25, 0.3) is 0 Å². The summed E-state index contributed by atoms with van der Waals surface area (Å²) in [5.74, 6) is -0.425. The van der Waals surface area contributed by atoms with Crippen molar-refractivity contribution in [2.75, 3.05) is 13.1 Å². The van der Waals surface area contributed by atoms with Gasteiger partial charge in [0.1, 0.15) is 0 Å². The maximum Gasteiger partial charge on any atom is 0.309 e. The molecular formula is C15H24N2O2S. The Morgan fingerprint density at radius 3 is 3.10 bits per heavy atom. The van der Waals surface area contributed by atoms with Gasteiger partial charge in [0.2, 0.25) is 0 Å². The second-order valence-electron chi connectivity index (χ2n) is 5.70. The molecule has 5 heteroatoms. The lowest BCUT2D eigenvalue weighted by atomic mass is 9.98. The number of hydrogen-bond donors (Lipinski definition) is 1. The third kappa shape index (κ3) is 4.03. The van der Waals surface area contributed by atoms with E-state index < -0.39 is 5.97 Å². The number of carboxylic acids is 1. The number of rotatable bonds is 6. The Kier molecular flexibility index (Phi) is 5.54. The summed E-state index contributed by atoms with van der Waals surface area (Å²) in [6, 6.07) is 0.713. The van der Waals surface area contributed by atoms with Gasteiger partial charge in [-0.25, -0.2) is 4.98 Å². The molecule has 2 heterocycles. The van der Waals surface area contributed by atoms with Gasteiger partial charge in [-0.3, -0.25) is 9.69 Å². The van der Waals surface area contributed by atoms with Crippen LogP contribution in [0.1, 0.15) is 56.2 Å². The summed E-state index contributed by atoms with van der Waals surface area (Å²) in [6.45, 7) is 6.70. The Labute approximate surface area is 124 Å².